The highest BCUT2D eigenvalue weighted by Crippen LogP contribution is 2.27. The van der Waals surface area contributed by atoms with Crippen LogP contribution in [-0.2, 0) is 0 Å². The van der Waals surface area contributed by atoms with Gasteiger partial charge in [0.05, 0.1) is 10.7 Å². The number of nitrogens with one attached hydrogen (secondary N) is 1. The van der Waals surface area contributed by atoms with Gasteiger partial charge in [0.15, 0.2) is 0 Å². The number of hydrogen-bond acceptors (Lipinski definition) is 3. The number of rotatable bonds is 2. The summed E-state index contributed by atoms with van der Waals surface area (Å²) in [6, 6.07) is 7.90. The summed E-state index contributed by atoms with van der Waals surface area (Å²) < 4.78 is 6.31. The summed E-state index contributed by atoms with van der Waals surface area (Å²) >= 11 is 3.36. The lowest BCUT2D eigenvalue weighted by Gasteiger charge is -2.02. The molecule has 0 unspecified atom stereocenters. The summed E-state index contributed by atoms with van der Waals surface area (Å²) in [5.41, 5.74) is 5.46. The Morgan fingerprint density at radius 1 is 1.36 bits per heavy atom. The number of ether oxygens (including phenoxy) is 1. The third kappa shape index (κ3) is 1.88. The van der Waals surface area contributed by atoms with Crippen LogP contribution in [0.5, 0.6) is 11.8 Å². The summed E-state index contributed by atoms with van der Waals surface area (Å²) in [5, 5.41) is 0. The summed E-state index contributed by atoms with van der Waals surface area (Å²) in [5.74, 6) is 1.17. The van der Waals surface area contributed by atoms with Crippen LogP contribution in [-0.4, -0.2) is 9.97 Å². The van der Waals surface area contributed by atoms with Crippen LogP contribution in [0.15, 0.2) is 34.9 Å². The van der Waals surface area contributed by atoms with Crippen LogP contribution >= 0.6 is 15.9 Å². The first-order valence-corrected chi connectivity index (χ1v) is 4.78. The van der Waals surface area contributed by atoms with Gasteiger partial charge in [0.1, 0.15) is 11.6 Å². The van der Waals surface area contributed by atoms with Crippen LogP contribution in [0.4, 0.5) is 5.82 Å². The van der Waals surface area contributed by atoms with Crippen LogP contribution in [0.2, 0.25) is 0 Å². The minimum atomic E-state index is 0.384. The number of H-pyrrole nitrogens is 1. The molecular formula is C9H8BrN3O. The maximum Gasteiger partial charge on any atom is 0.300 e. The van der Waals surface area contributed by atoms with Gasteiger partial charge in [0, 0.05) is 0 Å². The Balaban J connectivity index is 2.23. The molecule has 0 spiro atoms. The van der Waals surface area contributed by atoms with Crippen molar-refractivity contribution >= 4 is 21.7 Å². The van der Waals surface area contributed by atoms with E-state index >= 15 is 0 Å². The van der Waals surface area contributed by atoms with Crippen molar-refractivity contribution in [2.75, 3.05) is 5.73 Å². The highest BCUT2D eigenvalue weighted by atomic mass is 79.9. The van der Waals surface area contributed by atoms with E-state index in [-0.39, 0.29) is 0 Å². The van der Waals surface area contributed by atoms with E-state index in [2.05, 4.69) is 25.9 Å². The van der Waals surface area contributed by atoms with Crippen molar-refractivity contribution in [2.24, 2.45) is 0 Å². The largest absolute Gasteiger partial charge is 0.424 e. The van der Waals surface area contributed by atoms with Crippen molar-refractivity contribution in [3.63, 3.8) is 0 Å². The molecule has 1 aromatic heterocycles. The molecule has 0 aliphatic heterocycles. The summed E-state index contributed by atoms with van der Waals surface area (Å²) in [7, 11) is 0. The Hall–Kier alpha value is -1.49. The first-order valence-electron chi connectivity index (χ1n) is 3.98. The fourth-order valence-corrected chi connectivity index (χ4v) is 1.37. The van der Waals surface area contributed by atoms with Crippen LogP contribution in [0.25, 0.3) is 0 Å². The number of halogens is 1. The fourth-order valence-electron chi connectivity index (χ4n) is 1.000. The number of aromatic nitrogens is 2. The summed E-state index contributed by atoms with van der Waals surface area (Å²) in [4.78, 5) is 6.70. The lowest BCUT2D eigenvalue weighted by Crippen LogP contribution is -1.88. The molecule has 2 rings (SSSR count). The molecule has 0 aliphatic rings. The van der Waals surface area contributed by atoms with E-state index in [1.807, 2.05) is 24.3 Å². The van der Waals surface area contributed by atoms with Crippen molar-refractivity contribution in [2.45, 2.75) is 0 Å². The lowest BCUT2D eigenvalue weighted by molar-refractivity contribution is 0.445. The Kier molecular flexibility index (Phi) is 2.41. The molecule has 1 aromatic carbocycles. The molecule has 0 saturated carbocycles. The average molecular weight is 254 g/mol. The number of nitrogens with zero attached hydrogens (tertiary/aromatic N) is 1. The molecule has 14 heavy (non-hydrogen) atoms. The minimum Gasteiger partial charge on any atom is -0.424 e. The summed E-state index contributed by atoms with van der Waals surface area (Å²) in [6.45, 7) is 0. The van der Waals surface area contributed by atoms with E-state index in [4.69, 9.17) is 10.5 Å². The van der Waals surface area contributed by atoms with E-state index in [1.54, 1.807) is 0 Å². The maximum absolute atomic E-state index is 5.46. The lowest BCUT2D eigenvalue weighted by atomic mass is 10.3. The van der Waals surface area contributed by atoms with Gasteiger partial charge < -0.3 is 10.5 Å². The second-order valence-electron chi connectivity index (χ2n) is 2.68. The predicted octanol–water partition coefficient (Wildman–Crippen LogP) is 2.55. The first-order chi connectivity index (χ1) is 6.75. The van der Waals surface area contributed by atoms with Crippen LogP contribution in [0, 0.1) is 0 Å². The first kappa shape index (κ1) is 9.08. The smallest absolute Gasteiger partial charge is 0.300 e. The van der Waals surface area contributed by atoms with Crippen molar-refractivity contribution in [3.05, 3.63) is 34.9 Å². The third-order valence-electron chi connectivity index (χ3n) is 1.62. The molecule has 0 aliphatic carbocycles. The van der Waals surface area contributed by atoms with Gasteiger partial charge in [-0.1, -0.05) is 12.1 Å². The number of para-hydroxylation sites is 1. The standard InChI is InChI=1S/C9H8BrN3O/c10-6-3-1-2-4-7(6)14-9-12-5-8(11)13-9/h1-5H,11H2,(H,12,13). The number of hydrogen-bond donors (Lipinski definition) is 2. The van der Waals surface area contributed by atoms with E-state index in [0.29, 0.717) is 17.6 Å². The highest BCUT2D eigenvalue weighted by Gasteiger charge is 2.03. The van der Waals surface area contributed by atoms with E-state index < -0.39 is 0 Å². The predicted molar refractivity (Wildman–Crippen MR) is 57.2 cm³/mol. The number of aromatic amines is 1. The molecule has 0 amide bonds. The number of anilines is 1. The van der Waals surface area contributed by atoms with Crippen LogP contribution in [0.3, 0.4) is 0 Å². The second kappa shape index (κ2) is 3.71. The van der Waals surface area contributed by atoms with Gasteiger partial charge in [0.25, 0.3) is 0 Å². The fraction of sp³-hybridized carbons (Fsp3) is 0. The van der Waals surface area contributed by atoms with E-state index in [1.165, 1.54) is 6.20 Å². The molecular weight excluding hydrogens is 246 g/mol. The molecule has 1 heterocycles. The molecule has 72 valence electrons. The monoisotopic (exact) mass is 253 g/mol. The van der Waals surface area contributed by atoms with Crippen molar-refractivity contribution in [1.82, 2.24) is 9.97 Å². The maximum atomic E-state index is 5.46. The van der Waals surface area contributed by atoms with Crippen molar-refractivity contribution < 1.29 is 4.74 Å². The highest BCUT2D eigenvalue weighted by molar-refractivity contribution is 9.10. The van der Waals surface area contributed by atoms with Gasteiger partial charge in [-0.15, -0.1) is 0 Å². The Labute approximate surface area is 89.2 Å². The van der Waals surface area contributed by atoms with Gasteiger partial charge >= 0.3 is 6.01 Å². The van der Waals surface area contributed by atoms with Crippen LogP contribution < -0.4 is 10.5 Å². The van der Waals surface area contributed by atoms with E-state index in [0.717, 1.165) is 4.47 Å². The number of nitrogen functional groups attached to an aromatic ring is 1. The average Bonchev–Trinajstić information content (AvgIpc) is 2.56. The Morgan fingerprint density at radius 2 is 2.14 bits per heavy atom. The molecule has 0 bridgehead atoms. The minimum absolute atomic E-state index is 0.384. The zero-order chi connectivity index (χ0) is 9.97. The summed E-state index contributed by atoms with van der Waals surface area (Å²) in [6.07, 6.45) is 1.51. The molecule has 4 nitrogen and oxygen atoms in total. The van der Waals surface area contributed by atoms with E-state index in [9.17, 15) is 0 Å². The topological polar surface area (TPSA) is 63.9 Å². The number of benzene rings is 1. The van der Waals surface area contributed by atoms with Gasteiger partial charge in [-0.2, -0.15) is 0 Å². The Bertz CT molecular complexity index is 441. The third-order valence-corrected chi connectivity index (χ3v) is 2.27. The van der Waals surface area contributed by atoms with Gasteiger partial charge in [-0.25, -0.2) is 4.98 Å². The SMILES string of the molecule is Nc1cnc(Oc2ccccc2Br)[nH]1. The molecule has 3 N–H and O–H groups in total. The molecule has 2 aromatic rings. The van der Waals surface area contributed by atoms with Gasteiger partial charge in [0.2, 0.25) is 0 Å². The molecule has 0 atom stereocenters. The zero-order valence-electron chi connectivity index (χ0n) is 7.20. The molecule has 0 radical (unpaired) electrons. The number of imidazole rings is 1. The molecule has 0 fully saturated rings. The Morgan fingerprint density at radius 3 is 2.79 bits per heavy atom. The number of nitrogens with two attached hydrogens (primary N) is 1. The second-order valence-corrected chi connectivity index (χ2v) is 3.53. The zero-order valence-corrected chi connectivity index (χ0v) is 8.78. The quantitative estimate of drug-likeness (QED) is 0.865. The van der Waals surface area contributed by atoms with Crippen molar-refractivity contribution in [3.8, 4) is 11.8 Å². The molecule has 5 heteroatoms. The van der Waals surface area contributed by atoms with Crippen molar-refractivity contribution in [1.29, 1.82) is 0 Å². The van der Waals surface area contributed by atoms with Crippen LogP contribution in [0.1, 0.15) is 0 Å². The molecule has 0 saturated heterocycles. The normalized spacial score (nSPS) is 10.1. The van der Waals surface area contributed by atoms with Gasteiger partial charge in [-0.05, 0) is 28.1 Å². The van der Waals surface area contributed by atoms with Gasteiger partial charge in [-0.3, -0.25) is 4.98 Å².